The molecule has 0 saturated carbocycles. The molecule has 0 amide bonds. The van der Waals surface area contributed by atoms with Crippen molar-refractivity contribution in [3.05, 3.63) is 10.1 Å². The summed E-state index contributed by atoms with van der Waals surface area (Å²) in [7, 11) is 0. The van der Waals surface area contributed by atoms with Gasteiger partial charge < -0.3 is 9.84 Å². The summed E-state index contributed by atoms with van der Waals surface area (Å²) in [6, 6.07) is 0. The molecule has 0 aliphatic heterocycles. The van der Waals surface area contributed by atoms with E-state index in [9.17, 15) is 14.9 Å². The number of nitrogens with zero attached hydrogens (tertiary/aromatic N) is 1. The highest BCUT2D eigenvalue weighted by Crippen LogP contribution is 1.91. The third kappa shape index (κ3) is 2.40. The first-order valence-electron chi connectivity index (χ1n) is 2.57. The second-order valence-corrected chi connectivity index (χ2v) is 1.43. The summed E-state index contributed by atoms with van der Waals surface area (Å²) in [5.74, 6) is -1.58. The number of hydrogen-bond donors (Lipinski definition) is 1. The summed E-state index contributed by atoms with van der Waals surface area (Å²) in [4.78, 5) is 18.8. The van der Waals surface area contributed by atoms with E-state index >= 15 is 0 Å². The van der Waals surface area contributed by atoms with Gasteiger partial charge in [-0.3, -0.25) is 10.1 Å². The van der Waals surface area contributed by atoms with Crippen molar-refractivity contribution in [2.24, 2.45) is 0 Å². The van der Waals surface area contributed by atoms with Crippen molar-refractivity contribution < 1.29 is 19.6 Å². The molecule has 10 heavy (non-hydrogen) atoms. The Hall–Kier alpha value is -1.17. The highest BCUT2D eigenvalue weighted by Gasteiger charge is 2.29. The molecule has 0 spiro atoms. The number of hydrogen-bond acceptors (Lipinski definition) is 4. The Kier molecular flexibility index (Phi) is 3.34. The molecule has 0 aliphatic rings. The minimum absolute atomic E-state index is 0.0119. The second kappa shape index (κ2) is 3.78. The van der Waals surface area contributed by atoms with E-state index in [0.717, 1.165) is 0 Å². The molecular weight excluding hydrogens is 142 g/mol. The van der Waals surface area contributed by atoms with E-state index in [1.165, 1.54) is 6.92 Å². The summed E-state index contributed by atoms with van der Waals surface area (Å²) in [5.41, 5.74) is 0. The maximum Gasteiger partial charge on any atom is 0.413 e. The molecule has 6 nitrogen and oxygen atoms in total. The van der Waals surface area contributed by atoms with E-state index in [2.05, 4.69) is 4.74 Å². The first kappa shape index (κ1) is 8.83. The largest absolute Gasteiger partial charge is 0.474 e. The Labute approximate surface area is 56.6 Å². The molecule has 0 aromatic heterocycles. The average Bonchev–Trinajstić information content (AvgIpc) is 1.81. The minimum atomic E-state index is -1.93. The minimum Gasteiger partial charge on any atom is -0.474 e. The van der Waals surface area contributed by atoms with Gasteiger partial charge in [-0.2, -0.15) is 0 Å². The van der Waals surface area contributed by atoms with E-state index in [4.69, 9.17) is 5.11 Å². The van der Waals surface area contributed by atoms with E-state index < -0.39 is 17.1 Å². The maximum atomic E-state index is 9.96. The number of nitro groups is 1. The van der Waals surface area contributed by atoms with Crippen LogP contribution in [0.3, 0.4) is 0 Å². The van der Waals surface area contributed by atoms with Crippen molar-refractivity contribution in [2.45, 2.75) is 13.2 Å². The van der Waals surface area contributed by atoms with Gasteiger partial charge in [-0.15, -0.1) is 0 Å². The van der Waals surface area contributed by atoms with E-state index in [0.29, 0.717) is 0 Å². The second-order valence-electron chi connectivity index (χ2n) is 1.43. The predicted octanol–water partition coefficient (Wildman–Crippen LogP) is -0.290. The van der Waals surface area contributed by atoms with Crippen LogP contribution in [0.15, 0.2) is 0 Å². The molecule has 0 aliphatic carbocycles. The van der Waals surface area contributed by atoms with Gasteiger partial charge >= 0.3 is 12.2 Å². The zero-order chi connectivity index (χ0) is 8.15. The lowest BCUT2D eigenvalue weighted by molar-refractivity contribution is -0.560. The predicted molar refractivity (Wildman–Crippen MR) is 30.0 cm³/mol. The van der Waals surface area contributed by atoms with E-state index in [-0.39, 0.29) is 6.61 Å². The average molecular weight is 149 g/mol. The van der Waals surface area contributed by atoms with E-state index in [1.807, 2.05) is 0 Å². The molecule has 0 rings (SSSR count). The molecule has 0 heterocycles. The van der Waals surface area contributed by atoms with Crippen molar-refractivity contribution in [3.8, 4) is 0 Å². The van der Waals surface area contributed by atoms with Crippen LogP contribution in [0.25, 0.3) is 0 Å². The van der Waals surface area contributed by atoms with Gasteiger partial charge in [0, 0.05) is 0 Å². The smallest absolute Gasteiger partial charge is 0.413 e. The van der Waals surface area contributed by atoms with Gasteiger partial charge in [0.1, 0.15) is 0 Å². The first-order chi connectivity index (χ1) is 4.59. The Morgan fingerprint density at radius 3 is 2.50 bits per heavy atom. The molecule has 1 N–H and O–H groups in total. The molecule has 0 fully saturated rings. The quantitative estimate of drug-likeness (QED) is 0.337. The third-order valence-electron chi connectivity index (χ3n) is 0.727. The number of aliphatic carboxylic acids is 1. The number of rotatable bonds is 4. The lowest BCUT2D eigenvalue weighted by atomic mass is 10.6. The van der Waals surface area contributed by atoms with Crippen LogP contribution in [-0.4, -0.2) is 28.8 Å². The van der Waals surface area contributed by atoms with Crippen LogP contribution in [-0.2, 0) is 9.53 Å². The van der Waals surface area contributed by atoms with Gasteiger partial charge in [0.2, 0.25) is 0 Å². The molecule has 0 aromatic rings. The molecule has 1 atom stereocenters. The molecule has 0 aromatic carbocycles. The molecule has 0 radical (unpaired) electrons. The zero-order valence-electron chi connectivity index (χ0n) is 5.31. The number of carboxylic acids is 1. The van der Waals surface area contributed by atoms with Gasteiger partial charge in [0.15, 0.2) is 0 Å². The third-order valence-corrected chi connectivity index (χ3v) is 0.727. The van der Waals surface area contributed by atoms with Gasteiger partial charge in [-0.05, 0) is 6.92 Å². The Morgan fingerprint density at radius 2 is 2.40 bits per heavy atom. The first-order valence-corrected chi connectivity index (χ1v) is 2.57. The number of carboxylic acid groups (broad SMARTS) is 1. The highest BCUT2D eigenvalue weighted by molar-refractivity contribution is 5.70. The molecular formula is C4H7NO5. The van der Waals surface area contributed by atoms with Gasteiger partial charge in [-0.25, -0.2) is 4.79 Å². The molecule has 0 saturated heterocycles. The van der Waals surface area contributed by atoms with Gasteiger partial charge in [0.25, 0.3) is 0 Å². The highest BCUT2D eigenvalue weighted by atomic mass is 16.7. The summed E-state index contributed by atoms with van der Waals surface area (Å²) >= 11 is 0. The standard InChI is InChI=1S/C4H7NO5/c1-2-10-3(4(6)7)5(8)9/h3H,2H2,1H3,(H,6,7). The Morgan fingerprint density at radius 1 is 1.90 bits per heavy atom. The Bertz CT molecular complexity index is 131. The van der Waals surface area contributed by atoms with Crippen molar-refractivity contribution in [3.63, 3.8) is 0 Å². The molecule has 58 valence electrons. The van der Waals surface area contributed by atoms with Crippen LogP contribution >= 0.6 is 0 Å². The van der Waals surface area contributed by atoms with Crippen LogP contribution in [0.2, 0.25) is 0 Å². The number of carbonyl (C=O) groups is 1. The lowest BCUT2D eigenvalue weighted by Gasteiger charge is -2.01. The molecule has 6 heteroatoms. The fourth-order valence-electron chi connectivity index (χ4n) is 0.380. The normalized spacial score (nSPS) is 12.5. The molecule has 0 bridgehead atoms. The number of ether oxygens (including phenoxy) is 1. The zero-order valence-corrected chi connectivity index (χ0v) is 5.31. The van der Waals surface area contributed by atoms with Crippen LogP contribution in [0, 0.1) is 10.1 Å². The van der Waals surface area contributed by atoms with Gasteiger partial charge in [-0.1, -0.05) is 0 Å². The van der Waals surface area contributed by atoms with Crippen molar-refractivity contribution in [1.29, 1.82) is 0 Å². The lowest BCUT2D eigenvalue weighted by Crippen LogP contribution is -2.31. The van der Waals surface area contributed by atoms with Crippen LogP contribution < -0.4 is 0 Å². The van der Waals surface area contributed by atoms with Crippen LogP contribution in [0.1, 0.15) is 6.92 Å². The topological polar surface area (TPSA) is 89.7 Å². The summed E-state index contributed by atoms with van der Waals surface area (Å²) in [5, 5.41) is 17.9. The van der Waals surface area contributed by atoms with E-state index in [1.54, 1.807) is 0 Å². The summed E-state index contributed by atoms with van der Waals surface area (Å²) < 4.78 is 4.27. The van der Waals surface area contributed by atoms with Crippen LogP contribution in [0.4, 0.5) is 0 Å². The van der Waals surface area contributed by atoms with Crippen molar-refractivity contribution in [2.75, 3.05) is 6.61 Å². The van der Waals surface area contributed by atoms with Crippen molar-refractivity contribution in [1.82, 2.24) is 0 Å². The Balaban J connectivity index is 3.98. The van der Waals surface area contributed by atoms with Crippen molar-refractivity contribution >= 4 is 5.97 Å². The summed E-state index contributed by atoms with van der Waals surface area (Å²) in [6.45, 7) is 1.50. The monoisotopic (exact) mass is 149 g/mol. The SMILES string of the molecule is CCOC(C(=O)O)[N+](=O)[O-]. The van der Waals surface area contributed by atoms with Gasteiger partial charge in [0.05, 0.1) is 11.5 Å². The fourth-order valence-corrected chi connectivity index (χ4v) is 0.380. The molecule has 1 unspecified atom stereocenters. The van der Waals surface area contributed by atoms with Crippen LogP contribution in [0.5, 0.6) is 0 Å². The summed E-state index contributed by atoms with van der Waals surface area (Å²) in [6.07, 6.45) is -1.93. The maximum absolute atomic E-state index is 9.96. The fraction of sp³-hybridized carbons (Fsp3) is 0.750.